The van der Waals surface area contributed by atoms with Crippen molar-refractivity contribution < 1.29 is 9.84 Å². The second-order valence-corrected chi connectivity index (χ2v) is 11.1. The van der Waals surface area contributed by atoms with Gasteiger partial charge in [0.1, 0.15) is 0 Å². The Labute approximate surface area is 214 Å². The van der Waals surface area contributed by atoms with Crippen molar-refractivity contribution in [1.82, 2.24) is 0 Å². The fourth-order valence-corrected chi connectivity index (χ4v) is 5.20. The third kappa shape index (κ3) is 23.1. The second-order valence-electron chi connectivity index (χ2n) is 11.1. The van der Waals surface area contributed by atoms with E-state index in [9.17, 15) is 0 Å². The van der Waals surface area contributed by atoms with Crippen LogP contribution in [0.5, 0.6) is 0 Å². The molecule has 1 rings (SSSR count). The number of aliphatic hydroxyl groups is 1. The summed E-state index contributed by atoms with van der Waals surface area (Å²) in [5, 5.41) is 8.99. The zero-order chi connectivity index (χ0) is 24.4. The van der Waals surface area contributed by atoms with Crippen molar-refractivity contribution >= 4 is 0 Å². The van der Waals surface area contributed by atoms with Crippen LogP contribution < -0.4 is 0 Å². The average Bonchev–Trinajstić information content (AvgIpc) is 3.55. The summed E-state index contributed by atoms with van der Waals surface area (Å²) >= 11 is 0. The predicted molar refractivity (Wildman–Crippen MR) is 150 cm³/mol. The molecule has 0 saturated heterocycles. The van der Waals surface area contributed by atoms with Gasteiger partial charge in [0.25, 0.3) is 0 Å². The van der Waals surface area contributed by atoms with Crippen LogP contribution in [0.3, 0.4) is 0 Å². The van der Waals surface area contributed by atoms with Gasteiger partial charge in [-0.1, -0.05) is 180 Å². The Morgan fingerprint density at radius 3 is 0.794 bits per heavy atom. The molecule has 1 N–H and O–H groups in total. The van der Waals surface area contributed by atoms with E-state index >= 15 is 0 Å². The number of aliphatic hydroxyl groups excluding tert-OH is 1. The van der Waals surface area contributed by atoms with Crippen molar-refractivity contribution in [3.05, 3.63) is 11.7 Å². The lowest BCUT2D eigenvalue weighted by Gasteiger charge is -2.04. The average molecular weight is 479 g/mol. The van der Waals surface area contributed by atoms with Crippen molar-refractivity contribution in [3.8, 4) is 0 Å². The van der Waals surface area contributed by atoms with Gasteiger partial charge in [0, 0.05) is 6.42 Å². The molecule has 0 bridgehead atoms. The number of ether oxygens (including phenoxy) is 1. The molecule has 202 valence electrons. The number of hydrogen-bond acceptors (Lipinski definition) is 2. The molecule has 0 unspecified atom stereocenters. The van der Waals surface area contributed by atoms with E-state index in [1.165, 1.54) is 180 Å². The van der Waals surface area contributed by atoms with Crippen LogP contribution in [0.4, 0.5) is 0 Å². The van der Waals surface area contributed by atoms with Crippen molar-refractivity contribution in [2.75, 3.05) is 0 Å². The Bertz CT molecular complexity index is 442. The fraction of sp³-hybridized carbons (Fsp3) is 0.938. The zero-order valence-corrected chi connectivity index (χ0v) is 23.4. The van der Waals surface area contributed by atoms with Gasteiger partial charge in [-0.05, 0) is 6.42 Å². The maximum atomic E-state index is 8.99. The predicted octanol–water partition coefficient (Wildman–Crippen LogP) is 12.1. The minimum atomic E-state index is 0.185. The molecule has 1 aliphatic heterocycles. The van der Waals surface area contributed by atoms with Crippen LogP contribution in [0.25, 0.3) is 0 Å². The molecule has 2 nitrogen and oxygen atoms in total. The topological polar surface area (TPSA) is 32.8 Å². The SMILES string of the molecule is CCCCCCCCCCCCCCCCCCCCCCCCCCCCCCC1=C(O)O1. The molecule has 0 amide bonds. The van der Waals surface area contributed by atoms with E-state index in [4.69, 9.17) is 9.84 Å². The quantitative estimate of drug-likeness (QED) is 0.108. The van der Waals surface area contributed by atoms with E-state index in [0.29, 0.717) is 0 Å². The van der Waals surface area contributed by atoms with Gasteiger partial charge >= 0.3 is 5.95 Å². The van der Waals surface area contributed by atoms with Gasteiger partial charge < -0.3 is 9.84 Å². The molecule has 1 heterocycles. The molecular weight excluding hydrogens is 416 g/mol. The van der Waals surface area contributed by atoms with Crippen LogP contribution in [-0.2, 0) is 4.74 Å². The maximum absolute atomic E-state index is 8.99. The molecule has 0 saturated carbocycles. The molecule has 0 radical (unpaired) electrons. The number of allylic oxidation sites excluding steroid dienone is 1. The van der Waals surface area contributed by atoms with Gasteiger partial charge in [0.2, 0.25) is 0 Å². The third-order valence-electron chi connectivity index (χ3n) is 7.67. The van der Waals surface area contributed by atoms with E-state index < -0.39 is 0 Å². The minimum absolute atomic E-state index is 0.185. The summed E-state index contributed by atoms with van der Waals surface area (Å²) in [5.74, 6) is 1.01. The summed E-state index contributed by atoms with van der Waals surface area (Å²) in [5.41, 5.74) is 0. The van der Waals surface area contributed by atoms with Crippen LogP contribution in [0.15, 0.2) is 11.7 Å². The van der Waals surface area contributed by atoms with Crippen LogP contribution in [0, 0.1) is 0 Å². The van der Waals surface area contributed by atoms with Crippen LogP contribution >= 0.6 is 0 Å². The van der Waals surface area contributed by atoms with E-state index in [-0.39, 0.29) is 5.95 Å². The molecule has 0 aliphatic carbocycles. The Kier molecular flexibility index (Phi) is 23.5. The van der Waals surface area contributed by atoms with Gasteiger partial charge in [0.15, 0.2) is 5.76 Å². The summed E-state index contributed by atoms with van der Waals surface area (Å²) in [6.07, 6.45) is 41.2. The lowest BCUT2D eigenvalue weighted by Crippen LogP contribution is -1.85. The number of unbranched alkanes of at least 4 members (excludes halogenated alkanes) is 27. The molecule has 0 spiro atoms. The van der Waals surface area contributed by atoms with E-state index in [1.807, 2.05) is 0 Å². The zero-order valence-electron chi connectivity index (χ0n) is 23.4. The third-order valence-corrected chi connectivity index (χ3v) is 7.67. The second kappa shape index (κ2) is 25.4. The van der Waals surface area contributed by atoms with Crippen LogP contribution in [0.2, 0.25) is 0 Å². The van der Waals surface area contributed by atoms with Crippen molar-refractivity contribution in [2.24, 2.45) is 0 Å². The van der Waals surface area contributed by atoms with E-state index in [2.05, 4.69) is 6.92 Å². The number of rotatable bonds is 29. The highest BCUT2D eigenvalue weighted by atomic mass is 16.7. The molecule has 0 aromatic heterocycles. The van der Waals surface area contributed by atoms with Crippen molar-refractivity contribution in [3.63, 3.8) is 0 Å². The molecular formula is C32H62O2. The lowest BCUT2D eigenvalue weighted by atomic mass is 10.0. The van der Waals surface area contributed by atoms with Crippen LogP contribution in [-0.4, -0.2) is 5.11 Å². The highest BCUT2D eigenvalue weighted by Gasteiger charge is 2.22. The monoisotopic (exact) mass is 478 g/mol. The molecule has 1 aliphatic rings. The minimum Gasteiger partial charge on any atom is -0.478 e. The first-order valence-electron chi connectivity index (χ1n) is 15.9. The molecule has 0 atom stereocenters. The van der Waals surface area contributed by atoms with E-state index in [0.717, 1.165) is 12.2 Å². The highest BCUT2D eigenvalue weighted by Crippen LogP contribution is 2.28. The van der Waals surface area contributed by atoms with Crippen molar-refractivity contribution in [2.45, 2.75) is 193 Å². The summed E-state index contributed by atoms with van der Waals surface area (Å²) < 4.78 is 4.87. The molecule has 0 aromatic carbocycles. The fourth-order valence-electron chi connectivity index (χ4n) is 5.20. The first-order chi connectivity index (χ1) is 16.8. The van der Waals surface area contributed by atoms with Gasteiger partial charge in [0.05, 0.1) is 0 Å². The molecule has 34 heavy (non-hydrogen) atoms. The molecule has 2 heteroatoms. The normalized spacial score (nSPS) is 13.0. The Morgan fingerprint density at radius 1 is 0.382 bits per heavy atom. The standard InChI is InChI=1S/C32H62O2/c1-2-3-4-5-6-7-8-9-10-11-12-13-14-15-16-17-18-19-20-21-22-23-24-25-26-27-28-29-30-31-32(33)34-31/h33H,2-30H2,1H3. The molecule has 0 fully saturated rings. The Hall–Kier alpha value is -0.660. The van der Waals surface area contributed by atoms with E-state index in [1.54, 1.807) is 0 Å². The number of hydrogen-bond donors (Lipinski definition) is 1. The van der Waals surface area contributed by atoms with Crippen LogP contribution in [0.1, 0.15) is 193 Å². The van der Waals surface area contributed by atoms with Crippen molar-refractivity contribution in [1.29, 1.82) is 0 Å². The van der Waals surface area contributed by atoms with Gasteiger partial charge in [-0.3, -0.25) is 0 Å². The Morgan fingerprint density at radius 2 is 0.588 bits per heavy atom. The summed E-state index contributed by atoms with van der Waals surface area (Å²) in [4.78, 5) is 0. The van der Waals surface area contributed by atoms with Gasteiger partial charge in [-0.2, -0.15) is 0 Å². The first kappa shape index (κ1) is 31.4. The lowest BCUT2D eigenvalue weighted by molar-refractivity contribution is 0.273. The highest BCUT2D eigenvalue weighted by molar-refractivity contribution is 5.09. The summed E-state index contributed by atoms with van der Waals surface area (Å²) in [6, 6.07) is 0. The summed E-state index contributed by atoms with van der Waals surface area (Å²) in [7, 11) is 0. The van der Waals surface area contributed by atoms with Gasteiger partial charge in [-0.15, -0.1) is 0 Å². The maximum Gasteiger partial charge on any atom is 0.322 e. The molecule has 0 aromatic rings. The first-order valence-corrected chi connectivity index (χ1v) is 15.9. The smallest absolute Gasteiger partial charge is 0.322 e. The Balaban J connectivity index is 1.59. The van der Waals surface area contributed by atoms with Gasteiger partial charge in [-0.25, -0.2) is 0 Å². The summed E-state index contributed by atoms with van der Waals surface area (Å²) in [6.45, 7) is 2.30. The largest absolute Gasteiger partial charge is 0.478 e.